The predicted molar refractivity (Wildman–Crippen MR) is 103 cm³/mol. The minimum absolute atomic E-state index is 0.163. The van der Waals surface area contributed by atoms with E-state index in [1.807, 2.05) is 38.2 Å². The number of ether oxygens (including phenoxy) is 2. The molecular formula is C22H25NO3. The van der Waals surface area contributed by atoms with Crippen molar-refractivity contribution in [3.8, 4) is 5.75 Å². The second kappa shape index (κ2) is 8.09. The van der Waals surface area contributed by atoms with Crippen LogP contribution < -0.4 is 4.74 Å². The molecule has 0 amide bonds. The molecule has 0 atom stereocenters. The molecule has 0 radical (unpaired) electrons. The van der Waals surface area contributed by atoms with Crippen molar-refractivity contribution in [3.05, 3.63) is 65.4 Å². The molecule has 4 heteroatoms. The van der Waals surface area contributed by atoms with Crippen LogP contribution in [0, 0.1) is 6.92 Å². The smallest absolute Gasteiger partial charge is 0.306 e. The molecule has 2 aromatic carbocycles. The summed E-state index contributed by atoms with van der Waals surface area (Å²) >= 11 is 0. The number of benzene rings is 2. The SMILES string of the molecule is CCOC(=O)CCc1cn(C)c2c(C)ccc(OCc3ccccc3)c12. The van der Waals surface area contributed by atoms with E-state index in [2.05, 4.69) is 35.9 Å². The summed E-state index contributed by atoms with van der Waals surface area (Å²) in [6.45, 7) is 4.86. The van der Waals surface area contributed by atoms with Gasteiger partial charge < -0.3 is 14.0 Å². The number of esters is 1. The fraction of sp³-hybridized carbons (Fsp3) is 0.318. The van der Waals surface area contributed by atoms with Crippen LogP contribution in [0.25, 0.3) is 10.9 Å². The van der Waals surface area contributed by atoms with Gasteiger partial charge in [0, 0.05) is 25.1 Å². The third kappa shape index (κ3) is 3.90. The van der Waals surface area contributed by atoms with E-state index in [0.717, 1.165) is 27.8 Å². The summed E-state index contributed by atoms with van der Waals surface area (Å²) < 4.78 is 13.3. The lowest BCUT2D eigenvalue weighted by Gasteiger charge is -2.11. The maximum Gasteiger partial charge on any atom is 0.306 e. The number of hydrogen-bond acceptors (Lipinski definition) is 3. The van der Waals surface area contributed by atoms with E-state index in [4.69, 9.17) is 9.47 Å². The Kier molecular flexibility index (Phi) is 5.61. The van der Waals surface area contributed by atoms with Crippen LogP contribution in [0.15, 0.2) is 48.7 Å². The van der Waals surface area contributed by atoms with Crippen LogP contribution in [0.4, 0.5) is 0 Å². The van der Waals surface area contributed by atoms with E-state index in [9.17, 15) is 4.79 Å². The average Bonchev–Trinajstić information content (AvgIpc) is 2.98. The van der Waals surface area contributed by atoms with Crippen LogP contribution in [0.1, 0.15) is 30.0 Å². The molecule has 3 rings (SSSR count). The van der Waals surface area contributed by atoms with Gasteiger partial charge in [-0.05, 0) is 43.0 Å². The number of aromatic nitrogens is 1. The second-order valence-electron chi connectivity index (χ2n) is 6.45. The van der Waals surface area contributed by atoms with Gasteiger partial charge in [-0.2, -0.15) is 0 Å². The summed E-state index contributed by atoms with van der Waals surface area (Å²) in [4.78, 5) is 11.8. The van der Waals surface area contributed by atoms with Crippen molar-refractivity contribution in [1.29, 1.82) is 0 Å². The van der Waals surface area contributed by atoms with Crippen LogP contribution in [-0.4, -0.2) is 17.1 Å². The van der Waals surface area contributed by atoms with Gasteiger partial charge in [0.1, 0.15) is 12.4 Å². The van der Waals surface area contributed by atoms with Crippen molar-refractivity contribution in [2.75, 3.05) is 6.61 Å². The lowest BCUT2D eigenvalue weighted by atomic mass is 10.0. The summed E-state index contributed by atoms with van der Waals surface area (Å²) in [6, 6.07) is 14.2. The molecule has 136 valence electrons. The van der Waals surface area contributed by atoms with Crippen molar-refractivity contribution in [1.82, 2.24) is 4.57 Å². The standard InChI is InChI=1S/C22H25NO3/c1-4-25-20(24)13-11-18-14-23(3)22-16(2)10-12-19(21(18)22)26-15-17-8-6-5-7-9-17/h5-10,12,14H,4,11,13,15H2,1-3H3. The maximum atomic E-state index is 11.8. The topological polar surface area (TPSA) is 40.5 Å². The molecule has 0 fully saturated rings. The molecule has 0 aliphatic carbocycles. The van der Waals surface area contributed by atoms with Crippen molar-refractivity contribution in [2.45, 2.75) is 33.3 Å². The molecule has 0 unspecified atom stereocenters. The summed E-state index contributed by atoms with van der Waals surface area (Å²) in [5.74, 6) is 0.692. The number of hydrogen-bond donors (Lipinski definition) is 0. The Morgan fingerprint density at radius 2 is 1.88 bits per heavy atom. The highest BCUT2D eigenvalue weighted by Crippen LogP contribution is 2.34. The van der Waals surface area contributed by atoms with E-state index in [-0.39, 0.29) is 5.97 Å². The number of fused-ring (bicyclic) bond motifs is 1. The fourth-order valence-corrected chi connectivity index (χ4v) is 3.32. The Labute approximate surface area is 154 Å². The van der Waals surface area contributed by atoms with Crippen LogP contribution >= 0.6 is 0 Å². The highest BCUT2D eigenvalue weighted by atomic mass is 16.5. The highest BCUT2D eigenvalue weighted by Gasteiger charge is 2.15. The summed E-state index contributed by atoms with van der Waals surface area (Å²) in [6.07, 6.45) is 3.10. The Bertz CT molecular complexity index is 897. The number of carbonyl (C=O) groups is 1. The molecule has 0 saturated heterocycles. The number of nitrogens with zero attached hydrogens (tertiary/aromatic N) is 1. The Morgan fingerprint density at radius 3 is 2.62 bits per heavy atom. The third-order valence-electron chi connectivity index (χ3n) is 4.51. The van der Waals surface area contributed by atoms with E-state index >= 15 is 0 Å². The monoisotopic (exact) mass is 351 g/mol. The summed E-state index contributed by atoms with van der Waals surface area (Å²) in [5.41, 5.74) is 4.58. The normalized spacial score (nSPS) is 10.9. The lowest BCUT2D eigenvalue weighted by Crippen LogP contribution is -2.05. The Balaban J connectivity index is 1.90. The minimum Gasteiger partial charge on any atom is -0.488 e. The maximum absolute atomic E-state index is 11.8. The summed E-state index contributed by atoms with van der Waals surface area (Å²) in [7, 11) is 2.03. The van der Waals surface area contributed by atoms with Gasteiger partial charge >= 0.3 is 5.97 Å². The number of aryl methyl sites for hydroxylation is 3. The van der Waals surface area contributed by atoms with Gasteiger partial charge in [0.2, 0.25) is 0 Å². The molecule has 0 saturated carbocycles. The molecule has 3 aromatic rings. The highest BCUT2D eigenvalue weighted by molar-refractivity contribution is 5.92. The third-order valence-corrected chi connectivity index (χ3v) is 4.51. The van der Waals surface area contributed by atoms with Crippen LogP contribution in [-0.2, 0) is 29.6 Å². The van der Waals surface area contributed by atoms with Crippen molar-refractivity contribution >= 4 is 16.9 Å². The van der Waals surface area contributed by atoms with Crippen LogP contribution in [0.5, 0.6) is 5.75 Å². The van der Waals surface area contributed by atoms with Crippen molar-refractivity contribution in [2.24, 2.45) is 7.05 Å². The number of rotatable bonds is 7. The first-order valence-electron chi connectivity index (χ1n) is 9.00. The summed E-state index contributed by atoms with van der Waals surface area (Å²) in [5, 5.41) is 1.09. The van der Waals surface area contributed by atoms with E-state index in [1.54, 1.807) is 0 Å². The molecule has 1 heterocycles. The zero-order chi connectivity index (χ0) is 18.5. The number of carbonyl (C=O) groups excluding carboxylic acids is 1. The molecule has 0 aliphatic rings. The van der Waals surface area contributed by atoms with Crippen LogP contribution in [0.2, 0.25) is 0 Å². The van der Waals surface area contributed by atoms with Gasteiger partial charge in [0.15, 0.2) is 0 Å². The lowest BCUT2D eigenvalue weighted by molar-refractivity contribution is -0.143. The van der Waals surface area contributed by atoms with Gasteiger partial charge in [-0.1, -0.05) is 36.4 Å². The van der Waals surface area contributed by atoms with E-state index < -0.39 is 0 Å². The molecule has 0 bridgehead atoms. The van der Waals surface area contributed by atoms with Gasteiger partial charge in [-0.15, -0.1) is 0 Å². The molecule has 0 spiro atoms. The molecule has 1 aromatic heterocycles. The van der Waals surface area contributed by atoms with Gasteiger partial charge in [0.05, 0.1) is 12.1 Å². The first-order chi connectivity index (χ1) is 12.6. The average molecular weight is 351 g/mol. The molecule has 4 nitrogen and oxygen atoms in total. The van der Waals surface area contributed by atoms with Crippen LogP contribution in [0.3, 0.4) is 0 Å². The minimum atomic E-state index is -0.163. The predicted octanol–water partition coefficient (Wildman–Crippen LogP) is 4.56. The quantitative estimate of drug-likeness (QED) is 0.586. The van der Waals surface area contributed by atoms with Crippen molar-refractivity contribution < 1.29 is 14.3 Å². The second-order valence-corrected chi connectivity index (χ2v) is 6.45. The zero-order valence-corrected chi connectivity index (χ0v) is 15.6. The van der Waals surface area contributed by atoms with E-state index in [1.165, 1.54) is 5.56 Å². The largest absolute Gasteiger partial charge is 0.488 e. The molecular weight excluding hydrogens is 326 g/mol. The Hall–Kier alpha value is -2.75. The molecule has 0 N–H and O–H groups in total. The van der Waals surface area contributed by atoms with E-state index in [0.29, 0.717) is 26.1 Å². The van der Waals surface area contributed by atoms with Gasteiger partial charge in [-0.3, -0.25) is 4.79 Å². The fourth-order valence-electron chi connectivity index (χ4n) is 3.32. The zero-order valence-electron chi connectivity index (χ0n) is 15.6. The molecule has 0 aliphatic heterocycles. The van der Waals surface area contributed by atoms with Gasteiger partial charge in [0.25, 0.3) is 0 Å². The molecule has 26 heavy (non-hydrogen) atoms. The van der Waals surface area contributed by atoms with Gasteiger partial charge in [-0.25, -0.2) is 0 Å². The first-order valence-corrected chi connectivity index (χ1v) is 9.00. The van der Waals surface area contributed by atoms with Crippen molar-refractivity contribution in [3.63, 3.8) is 0 Å². The first kappa shape index (κ1) is 18.1. The Morgan fingerprint density at radius 1 is 1.12 bits per heavy atom.